The van der Waals surface area contributed by atoms with Crippen LogP contribution in [0.25, 0.3) is 0 Å². The fraction of sp³-hybridized carbons (Fsp3) is 0.150. The average Bonchev–Trinajstić information content (AvgIpc) is 2.56. The lowest BCUT2D eigenvalue weighted by atomic mass is 10.1. The van der Waals surface area contributed by atoms with Gasteiger partial charge in [0.15, 0.2) is 0 Å². The molecule has 0 fully saturated rings. The standard InChI is InChI=1S/C20H18O3/c1-3-4-14-23-19-7-5-6-17(15(19)2)11-8-16-9-12-18(13-10-16)20(21)22/h3-7,9-10,12-13H,14H2,1-2H3,(H,21,22). The molecule has 0 atom stereocenters. The first-order valence-electron chi connectivity index (χ1n) is 7.30. The fourth-order valence-corrected chi connectivity index (χ4v) is 1.98. The summed E-state index contributed by atoms with van der Waals surface area (Å²) in [6.45, 7) is 4.46. The molecule has 116 valence electrons. The van der Waals surface area contributed by atoms with Gasteiger partial charge in [-0.1, -0.05) is 30.1 Å². The first kappa shape index (κ1) is 16.4. The Labute approximate surface area is 136 Å². The summed E-state index contributed by atoms with van der Waals surface area (Å²) in [5, 5.41) is 8.88. The Hall–Kier alpha value is -2.99. The van der Waals surface area contributed by atoms with Crippen molar-refractivity contribution in [2.45, 2.75) is 13.8 Å². The first-order chi connectivity index (χ1) is 11.1. The van der Waals surface area contributed by atoms with Gasteiger partial charge in [0.1, 0.15) is 12.4 Å². The highest BCUT2D eigenvalue weighted by Crippen LogP contribution is 2.20. The number of ether oxygens (including phenoxy) is 1. The van der Waals surface area contributed by atoms with E-state index in [1.807, 2.05) is 44.2 Å². The van der Waals surface area contributed by atoms with Gasteiger partial charge in [0.2, 0.25) is 0 Å². The quantitative estimate of drug-likeness (QED) is 0.685. The van der Waals surface area contributed by atoms with Crippen LogP contribution in [0.2, 0.25) is 0 Å². The maximum atomic E-state index is 10.8. The van der Waals surface area contributed by atoms with Crippen LogP contribution in [0.3, 0.4) is 0 Å². The summed E-state index contributed by atoms with van der Waals surface area (Å²) in [4.78, 5) is 10.8. The summed E-state index contributed by atoms with van der Waals surface area (Å²) >= 11 is 0. The molecular formula is C20H18O3. The van der Waals surface area contributed by atoms with Crippen LogP contribution in [-0.4, -0.2) is 17.7 Å². The lowest BCUT2D eigenvalue weighted by Crippen LogP contribution is -1.97. The maximum absolute atomic E-state index is 10.8. The van der Waals surface area contributed by atoms with Crippen LogP contribution in [0.5, 0.6) is 5.75 Å². The number of allylic oxidation sites excluding steroid dienone is 1. The van der Waals surface area contributed by atoms with Gasteiger partial charge in [-0.05, 0) is 50.2 Å². The van der Waals surface area contributed by atoms with Crippen molar-refractivity contribution in [2.24, 2.45) is 0 Å². The predicted octanol–water partition coefficient (Wildman–Crippen LogP) is 4.05. The fourth-order valence-electron chi connectivity index (χ4n) is 1.98. The highest BCUT2D eigenvalue weighted by Gasteiger charge is 2.03. The van der Waals surface area contributed by atoms with E-state index in [2.05, 4.69) is 11.8 Å². The molecule has 0 bridgehead atoms. The van der Waals surface area contributed by atoms with E-state index >= 15 is 0 Å². The van der Waals surface area contributed by atoms with E-state index in [1.165, 1.54) is 0 Å². The number of benzene rings is 2. The second-order valence-corrected chi connectivity index (χ2v) is 4.94. The number of carbonyl (C=O) groups is 1. The Balaban J connectivity index is 2.20. The summed E-state index contributed by atoms with van der Waals surface area (Å²) in [6.07, 6.45) is 3.89. The minimum atomic E-state index is -0.939. The van der Waals surface area contributed by atoms with Crippen molar-refractivity contribution in [1.82, 2.24) is 0 Å². The summed E-state index contributed by atoms with van der Waals surface area (Å²) in [6, 6.07) is 12.3. The van der Waals surface area contributed by atoms with Gasteiger partial charge in [-0.15, -0.1) is 0 Å². The molecule has 0 amide bonds. The highest BCUT2D eigenvalue weighted by molar-refractivity contribution is 5.87. The summed E-state index contributed by atoms with van der Waals surface area (Å²) in [7, 11) is 0. The lowest BCUT2D eigenvalue weighted by Gasteiger charge is -2.08. The largest absolute Gasteiger partial charge is 0.489 e. The molecule has 0 saturated heterocycles. The number of rotatable bonds is 4. The van der Waals surface area contributed by atoms with Crippen molar-refractivity contribution in [2.75, 3.05) is 6.61 Å². The van der Waals surface area contributed by atoms with E-state index in [4.69, 9.17) is 9.84 Å². The van der Waals surface area contributed by atoms with Gasteiger partial charge in [-0.3, -0.25) is 0 Å². The van der Waals surface area contributed by atoms with E-state index in [9.17, 15) is 4.79 Å². The number of carboxylic acids is 1. The third-order valence-corrected chi connectivity index (χ3v) is 3.33. The van der Waals surface area contributed by atoms with Crippen LogP contribution in [0.15, 0.2) is 54.6 Å². The molecule has 0 heterocycles. The average molecular weight is 306 g/mol. The van der Waals surface area contributed by atoms with Crippen molar-refractivity contribution in [3.63, 3.8) is 0 Å². The monoisotopic (exact) mass is 306 g/mol. The van der Waals surface area contributed by atoms with E-state index in [0.29, 0.717) is 6.61 Å². The molecule has 0 aromatic heterocycles. The number of hydrogen-bond acceptors (Lipinski definition) is 2. The Morgan fingerprint density at radius 2 is 1.91 bits per heavy atom. The SMILES string of the molecule is CC=CCOc1cccc(C#Cc2ccc(C(=O)O)cc2)c1C. The molecule has 3 nitrogen and oxygen atoms in total. The van der Waals surface area contributed by atoms with Crippen molar-refractivity contribution in [3.8, 4) is 17.6 Å². The molecule has 0 aliphatic heterocycles. The molecule has 23 heavy (non-hydrogen) atoms. The second kappa shape index (κ2) is 7.86. The third kappa shape index (κ3) is 4.49. The maximum Gasteiger partial charge on any atom is 0.335 e. The normalized spacial score (nSPS) is 10.2. The Bertz CT molecular complexity index is 775. The van der Waals surface area contributed by atoms with E-state index in [1.54, 1.807) is 24.3 Å². The molecule has 0 aliphatic carbocycles. The molecule has 0 saturated carbocycles. The van der Waals surface area contributed by atoms with Crippen molar-refractivity contribution >= 4 is 5.97 Å². The smallest absolute Gasteiger partial charge is 0.335 e. The van der Waals surface area contributed by atoms with Crippen LogP contribution in [0, 0.1) is 18.8 Å². The molecule has 0 spiro atoms. The molecule has 1 N–H and O–H groups in total. The molecule has 0 unspecified atom stereocenters. The van der Waals surface area contributed by atoms with Gasteiger partial charge in [0.05, 0.1) is 5.56 Å². The molecule has 2 aromatic carbocycles. The molecular weight excluding hydrogens is 288 g/mol. The van der Waals surface area contributed by atoms with Crippen LogP contribution in [-0.2, 0) is 0 Å². The van der Waals surface area contributed by atoms with E-state index in [-0.39, 0.29) is 5.56 Å². The molecule has 0 aliphatic rings. The molecule has 0 radical (unpaired) electrons. The predicted molar refractivity (Wildman–Crippen MR) is 90.9 cm³/mol. The zero-order chi connectivity index (χ0) is 16.7. The number of hydrogen-bond donors (Lipinski definition) is 1. The second-order valence-electron chi connectivity index (χ2n) is 4.94. The van der Waals surface area contributed by atoms with E-state index < -0.39 is 5.97 Å². The van der Waals surface area contributed by atoms with Gasteiger partial charge < -0.3 is 9.84 Å². The Kier molecular flexibility index (Phi) is 5.60. The van der Waals surface area contributed by atoms with Crippen LogP contribution < -0.4 is 4.74 Å². The van der Waals surface area contributed by atoms with Gasteiger partial charge in [-0.25, -0.2) is 4.79 Å². The number of aromatic carboxylic acids is 1. The van der Waals surface area contributed by atoms with Gasteiger partial charge in [0.25, 0.3) is 0 Å². The topological polar surface area (TPSA) is 46.5 Å². The van der Waals surface area contributed by atoms with E-state index in [0.717, 1.165) is 22.4 Å². The van der Waals surface area contributed by atoms with Gasteiger partial charge in [0, 0.05) is 16.7 Å². The minimum absolute atomic E-state index is 0.256. The minimum Gasteiger partial charge on any atom is -0.489 e. The van der Waals surface area contributed by atoms with Crippen molar-refractivity contribution in [3.05, 3.63) is 76.9 Å². The van der Waals surface area contributed by atoms with Gasteiger partial charge >= 0.3 is 5.97 Å². The first-order valence-corrected chi connectivity index (χ1v) is 7.30. The summed E-state index contributed by atoms with van der Waals surface area (Å²) < 4.78 is 5.69. The molecule has 2 rings (SSSR count). The van der Waals surface area contributed by atoms with Crippen molar-refractivity contribution in [1.29, 1.82) is 0 Å². The highest BCUT2D eigenvalue weighted by atomic mass is 16.5. The zero-order valence-electron chi connectivity index (χ0n) is 13.2. The van der Waals surface area contributed by atoms with Crippen LogP contribution >= 0.6 is 0 Å². The van der Waals surface area contributed by atoms with Gasteiger partial charge in [-0.2, -0.15) is 0 Å². The third-order valence-electron chi connectivity index (χ3n) is 3.33. The Morgan fingerprint density at radius 1 is 1.17 bits per heavy atom. The number of carboxylic acid groups (broad SMARTS) is 1. The molecule has 3 heteroatoms. The lowest BCUT2D eigenvalue weighted by molar-refractivity contribution is 0.0697. The summed E-state index contributed by atoms with van der Waals surface area (Å²) in [5.74, 6) is 6.04. The Morgan fingerprint density at radius 3 is 2.57 bits per heavy atom. The molecule has 2 aromatic rings. The van der Waals surface area contributed by atoms with Crippen molar-refractivity contribution < 1.29 is 14.6 Å². The van der Waals surface area contributed by atoms with Crippen LogP contribution in [0.4, 0.5) is 0 Å². The van der Waals surface area contributed by atoms with Crippen LogP contribution in [0.1, 0.15) is 34.0 Å². The zero-order valence-corrected chi connectivity index (χ0v) is 13.2. The summed E-state index contributed by atoms with van der Waals surface area (Å²) in [5.41, 5.74) is 2.91.